The van der Waals surface area contributed by atoms with Gasteiger partial charge in [-0.15, -0.1) is 0 Å². The van der Waals surface area contributed by atoms with E-state index in [2.05, 4.69) is 15.5 Å². The fourth-order valence-corrected chi connectivity index (χ4v) is 2.22. The van der Waals surface area contributed by atoms with Gasteiger partial charge in [-0.3, -0.25) is 0 Å². The smallest absolute Gasteiger partial charge is 0.244 e. The zero-order chi connectivity index (χ0) is 12.5. The van der Waals surface area contributed by atoms with Crippen LogP contribution in [0.15, 0.2) is 22.7 Å². The zero-order valence-corrected chi connectivity index (χ0v) is 10.1. The molecule has 1 saturated heterocycles. The molecule has 94 valence electrons. The first-order valence-electron chi connectivity index (χ1n) is 6.07. The Morgan fingerprint density at radius 2 is 2.33 bits per heavy atom. The van der Waals surface area contributed by atoms with E-state index >= 15 is 0 Å². The Balaban J connectivity index is 1.94. The van der Waals surface area contributed by atoms with E-state index in [0.717, 1.165) is 24.9 Å². The number of aromatic nitrogens is 2. The molecule has 1 aliphatic rings. The first kappa shape index (κ1) is 11.3. The van der Waals surface area contributed by atoms with Crippen LogP contribution in [0.5, 0.6) is 0 Å². The quantitative estimate of drug-likeness (QED) is 0.886. The van der Waals surface area contributed by atoms with E-state index in [1.807, 2.05) is 6.92 Å². The van der Waals surface area contributed by atoms with Gasteiger partial charge in [-0.1, -0.05) is 11.2 Å². The topological polar surface area (TPSA) is 51.0 Å². The Bertz CT molecular complexity index is 561. The van der Waals surface area contributed by atoms with Crippen LogP contribution in [-0.4, -0.2) is 16.7 Å². The van der Waals surface area contributed by atoms with Crippen molar-refractivity contribution in [3.05, 3.63) is 35.5 Å². The number of benzene rings is 1. The van der Waals surface area contributed by atoms with Crippen LogP contribution < -0.4 is 5.32 Å². The van der Waals surface area contributed by atoms with Gasteiger partial charge in [-0.2, -0.15) is 4.98 Å². The normalized spacial score (nSPS) is 19.3. The van der Waals surface area contributed by atoms with Crippen LogP contribution in [-0.2, 0) is 0 Å². The summed E-state index contributed by atoms with van der Waals surface area (Å²) in [6, 6.07) is 4.72. The second kappa shape index (κ2) is 4.49. The molecule has 0 spiro atoms. The fraction of sp³-hybridized carbons (Fsp3) is 0.385. The number of nitrogens with one attached hydrogen (secondary N) is 1. The van der Waals surface area contributed by atoms with Crippen molar-refractivity contribution < 1.29 is 8.91 Å². The SMILES string of the molecule is Cc1ccc(F)cc1-c1noc([C@H]2CCCN2)n1. The van der Waals surface area contributed by atoms with Crippen LogP contribution in [0, 0.1) is 12.7 Å². The molecular formula is C13H14FN3O. The molecule has 3 rings (SSSR count). The molecule has 18 heavy (non-hydrogen) atoms. The molecule has 0 bridgehead atoms. The second-order valence-electron chi connectivity index (χ2n) is 4.56. The minimum absolute atomic E-state index is 0.139. The lowest BCUT2D eigenvalue weighted by Gasteiger charge is -2.02. The Hall–Kier alpha value is -1.75. The standard InChI is InChI=1S/C13H14FN3O/c1-8-4-5-9(14)7-10(8)12-16-13(18-17-12)11-3-2-6-15-11/h4-5,7,11,15H,2-3,6H2,1H3/t11-/m1/s1. The lowest BCUT2D eigenvalue weighted by atomic mass is 10.1. The molecule has 1 N–H and O–H groups in total. The first-order chi connectivity index (χ1) is 8.74. The lowest BCUT2D eigenvalue weighted by Crippen LogP contribution is -2.12. The minimum atomic E-state index is -0.291. The Morgan fingerprint density at radius 3 is 3.11 bits per heavy atom. The van der Waals surface area contributed by atoms with Crippen molar-refractivity contribution in [2.45, 2.75) is 25.8 Å². The molecule has 0 unspecified atom stereocenters. The highest BCUT2D eigenvalue weighted by atomic mass is 19.1. The van der Waals surface area contributed by atoms with Crippen molar-refractivity contribution in [3.8, 4) is 11.4 Å². The summed E-state index contributed by atoms with van der Waals surface area (Å²) in [5.41, 5.74) is 1.62. The van der Waals surface area contributed by atoms with Crippen molar-refractivity contribution >= 4 is 0 Å². The van der Waals surface area contributed by atoms with E-state index in [-0.39, 0.29) is 11.9 Å². The van der Waals surface area contributed by atoms with E-state index in [9.17, 15) is 4.39 Å². The maximum Gasteiger partial charge on any atom is 0.244 e. The Kier molecular flexibility index (Phi) is 2.83. The molecule has 0 saturated carbocycles. The third kappa shape index (κ3) is 2.01. The molecule has 1 aromatic heterocycles. The van der Waals surface area contributed by atoms with Gasteiger partial charge in [-0.25, -0.2) is 4.39 Å². The molecule has 1 aromatic carbocycles. The number of aryl methyl sites for hydroxylation is 1. The molecule has 0 aliphatic carbocycles. The van der Waals surface area contributed by atoms with Crippen LogP contribution >= 0.6 is 0 Å². The summed E-state index contributed by atoms with van der Waals surface area (Å²) in [5.74, 6) is 0.753. The minimum Gasteiger partial charge on any atom is -0.337 e. The van der Waals surface area contributed by atoms with Crippen LogP contribution in [0.25, 0.3) is 11.4 Å². The van der Waals surface area contributed by atoms with Crippen LogP contribution in [0.4, 0.5) is 4.39 Å². The van der Waals surface area contributed by atoms with E-state index in [4.69, 9.17) is 4.52 Å². The molecule has 0 radical (unpaired) electrons. The highest BCUT2D eigenvalue weighted by Crippen LogP contribution is 2.26. The number of hydrogen-bond acceptors (Lipinski definition) is 4. The molecule has 2 aromatic rings. The highest BCUT2D eigenvalue weighted by molar-refractivity contribution is 5.59. The van der Waals surface area contributed by atoms with E-state index in [1.165, 1.54) is 12.1 Å². The summed E-state index contributed by atoms with van der Waals surface area (Å²) in [6.45, 7) is 2.87. The summed E-state index contributed by atoms with van der Waals surface area (Å²) in [5, 5.41) is 7.23. The molecule has 5 heteroatoms. The maximum absolute atomic E-state index is 13.2. The summed E-state index contributed by atoms with van der Waals surface area (Å²) in [7, 11) is 0. The number of halogens is 1. The fourth-order valence-electron chi connectivity index (χ4n) is 2.22. The summed E-state index contributed by atoms with van der Waals surface area (Å²) < 4.78 is 18.5. The predicted molar refractivity (Wildman–Crippen MR) is 64.4 cm³/mol. The van der Waals surface area contributed by atoms with E-state index in [1.54, 1.807) is 6.07 Å². The highest BCUT2D eigenvalue weighted by Gasteiger charge is 2.23. The van der Waals surface area contributed by atoms with E-state index < -0.39 is 0 Å². The summed E-state index contributed by atoms with van der Waals surface area (Å²) >= 11 is 0. The van der Waals surface area contributed by atoms with Gasteiger partial charge in [0.25, 0.3) is 0 Å². The third-order valence-electron chi connectivity index (χ3n) is 3.24. The van der Waals surface area contributed by atoms with Gasteiger partial charge in [-0.05, 0) is 44.0 Å². The van der Waals surface area contributed by atoms with Crippen molar-refractivity contribution in [2.75, 3.05) is 6.54 Å². The monoisotopic (exact) mass is 247 g/mol. The largest absolute Gasteiger partial charge is 0.337 e. The van der Waals surface area contributed by atoms with Crippen molar-refractivity contribution in [1.82, 2.24) is 15.5 Å². The predicted octanol–water partition coefficient (Wildman–Crippen LogP) is 2.61. The van der Waals surface area contributed by atoms with Gasteiger partial charge in [0, 0.05) is 5.56 Å². The molecule has 1 atom stereocenters. The van der Waals surface area contributed by atoms with Crippen molar-refractivity contribution in [2.24, 2.45) is 0 Å². The van der Waals surface area contributed by atoms with Gasteiger partial charge in [0.1, 0.15) is 5.82 Å². The van der Waals surface area contributed by atoms with Gasteiger partial charge in [0.05, 0.1) is 6.04 Å². The number of nitrogens with zero attached hydrogens (tertiary/aromatic N) is 2. The zero-order valence-electron chi connectivity index (χ0n) is 10.1. The second-order valence-corrected chi connectivity index (χ2v) is 4.56. The summed E-state index contributed by atoms with van der Waals surface area (Å²) in [4.78, 5) is 4.36. The average molecular weight is 247 g/mol. The molecule has 4 nitrogen and oxygen atoms in total. The van der Waals surface area contributed by atoms with Gasteiger partial charge >= 0.3 is 0 Å². The van der Waals surface area contributed by atoms with Crippen molar-refractivity contribution in [1.29, 1.82) is 0 Å². The first-order valence-corrected chi connectivity index (χ1v) is 6.07. The lowest BCUT2D eigenvalue weighted by molar-refractivity contribution is 0.345. The molecule has 1 fully saturated rings. The van der Waals surface area contributed by atoms with Gasteiger partial charge in [0.2, 0.25) is 11.7 Å². The average Bonchev–Trinajstić information content (AvgIpc) is 3.00. The van der Waals surface area contributed by atoms with Gasteiger partial charge < -0.3 is 9.84 Å². The number of hydrogen-bond donors (Lipinski definition) is 1. The number of rotatable bonds is 2. The van der Waals surface area contributed by atoms with Crippen LogP contribution in [0.2, 0.25) is 0 Å². The Morgan fingerprint density at radius 1 is 1.44 bits per heavy atom. The maximum atomic E-state index is 13.2. The van der Waals surface area contributed by atoms with Crippen LogP contribution in [0.3, 0.4) is 0 Å². The molecule has 2 heterocycles. The van der Waals surface area contributed by atoms with E-state index in [0.29, 0.717) is 17.3 Å². The van der Waals surface area contributed by atoms with Crippen LogP contribution in [0.1, 0.15) is 30.3 Å². The molecule has 0 amide bonds. The third-order valence-corrected chi connectivity index (χ3v) is 3.24. The van der Waals surface area contributed by atoms with Crippen molar-refractivity contribution in [3.63, 3.8) is 0 Å². The summed E-state index contributed by atoms with van der Waals surface area (Å²) in [6.07, 6.45) is 2.12. The van der Waals surface area contributed by atoms with Gasteiger partial charge in [0.15, 0.2) is 0 Å². The Labute approximate surface area is 104 Å². The molecular weight excluding hydrogens is 233 g/mol. The molecule has 1 aliphatic heterocycles.